The standard InChI is InChI=1S/C11H20N4O2S/c1-4-17-11(16)10-13-9(14-15-10)8(3)12-6-7-18-5-2/h8,12H,4-7H2,1-3H3,(H,13,14,15). The van der Waals surface area contributed by atoms with Crippen LogP contribution in [0.2, 0.25) is 0 Å². The topological polar surface area (TPSA) is 79.9 Å². The molecule has 1 atom stereocenters. The van der Waals surface area contributed by atoms with E-state index in [4.69, 9.17) is 4.74 Å². The molecule has 18 heavy (non-hydrogen) atoms. The predicted octanol–water partition coefficient (Wildman–Crippen LogP) is 1.39. The van der Waals surface area contributed by atoms with Crippen molar-refractivity contribution < 1.29 is 9.53 Å². The molecule has 6 nitrogen and oxygen atoms in total. The van der Waals surface area contributed by atoms with Crippen molar-refractivity contribution in [3.8, 4) is 0 Å². The number of ether oxygens (including phenoxy) is 1. The minimum Gasteiger partial charge on any atom is -0.460 e. The van der Waals surface area contributed by atoms with Crippen molar-refractivity contribution in [2.24, 2.45) is 0 Å². The zero-order chi connectivity index (χ0) is 13.4. The van der Waals surface area contributed by atoms with Gasteiger partial charge in [0.2, 0.25) is 0 Å². The molecule has 1 rings (SSSR count). The van der Waals surface area contributed by atoms with E-state index < -0.39 is 5.97 Å². The summed E-state index contributed by atoms with van der Waals surface area (Å²) in [6, 6.07) is 0.0399. The van der Waals surface area contributed by atoms with E-state index in [1.807, 2.05) is 18.7 Å². The Hall–Kier alpha value is -1.08. The zero-order valence-electron chi connectivity index (χ0n) is 11.0. The lowest BCUT2D eigenvalue weighted by Gasteiger charge is -2.09. The molecule has 102 valence electrons. The van der Waals surface area contributed by atoms with Crippen LogP contribution >= 0.6 is 11.8 Å². The molecule has 2 N–H and O–H groups in total. The molecule has 1 unspecified atom stereocenters. The highest BCUT2D eigenvalue weighted by Gasteiger charge is 2.16. The number of aromatic amines is 1. The molecule has 0 radical (unpaired) electrons. The van der Waals surface area contributed by atoms with Gasteiger partial charge in [0.05, 0.1) is 12.6 Å². The maximum Gasteiger partial charge on any atom is 0.378 e. The summed E-state index contributed by atoms with van der Waals surface area (Å²) < 4.78 is 4.83. The average molecular weight is 272 g/mol. The van der Waals surface area contributed by atoms with Gasteiger partial charge in [0.1, 0.15) is 5.82 Å². The summed E-state index contributed by atoms with van der Waals surface area (Å²) >= 11 is 1.88. The largest absolute Gasteiger partial charge is 0.460 e. The van der Waals surface area contributed by atoms with E-state index in [-0.39, 0.29) is 11.9 Å². The third kappa shape index (κ3) is 4.66. The number of esters is 1. The molecule has 0 bridgehead atoms. The number of carbonyl (C=O) groups excluding carboxylic acids is 1. The lowest BCUT2D eigenvalue weighted by Crippen LogP contribution is -2.22. The zero-order valence-corrected chi connectivity index (χ0v) is 11.8. The first kappa shape index (κ1) is 15.0. The Balaban J connectivity index is 2.44. The van der Waals surface area contributed by atoms with Crippen LogP contribution in [0.4, 0.5) is 0 Å². The average Bonchev–Trinajstić information content (AvgIpc) is 2.84. The number of nitrogens with one attached hydrogen (secondary N) is 2. The van der Waals surface area contributed by atoms with Crippen molar-refractivity contribution in [1.82, 2.24) is 20.5 Å². The summed E-state index contributed by atoms with van der Waals surface area (Å²) in [5.41, 5.74) is 0. The fraction of sp³-hybridized carbons (Fsp3) is 0.727. The predicted molar refractivity (Wildman–Crippen MR) is 71.8 cm³/mol. The highest BCUT2D eigenvalue weighted by molar-refractivity contribution is 7.99. The SMILES string of the molecule is CCOC(=O)c1n[nH]c(C(C)NCCSCC)n1. The number of H-pyrrole nitrogens is 1. The molecule has 1 aromatic rings. The Bertz CT molecular complexity index is 370. The Kier molecular flexibility index (Phi) is 6.74. The fourth-order valence-electron chi connectivity index (χ4n) is 1.34. The molecule has 0 aliphatic heterocycles. The van der Waals surface area contributed by atoms with Crippen LogP contribution in [0.3, 0.4) is 0 Å². The van der Waals surface area contributed by atoms with E-state index in [1.165, 1.54) is 0 Å². The number of hydrogen-bond donors (Lipinski definition) is 2. The van der Waals surface area contributed by atoms with Crippen LogP contribution in [0.5, 0.6) is 0 Å². The normalized spacial score (nSPS) is 12.4. The van der Waals surface area contributed by atoms with Gasteiger partial charge in [-0.05, 0) is 19.6 Å². The Morgan fingerprint density at radius 3 is 3.00 bits per heavy atom. The van der Waals surface area contributed by atoms with E-state index >= 15 is 0 Å². The molecule has 0 saturated carbocycles. The second-order valence-electron chi connectivity index (χ2n) is 3.64. The van der Waals surface area contributed by atoms with Gasteiger partial charge >= 0.3 is 5.97 Å². The first-order valence-corrected chi connectivity index (χ1v) is 7.25. The van der Waals surface area contributed by atoms with Gasteiger partial charge in [-0.15, -0.1) is 5.10 Å². The van der Waals surface area contributed by atoms with Crippen LogP contribution in [0.25, 0.3) is 0 Å². The molecule has 1 aromatic heterocycles. The van der Waals surface area contributed by atoms with Crippen LogP contribution in [0.1, 0.15) is 43.3 Å². The van der Waals surface area contributed by atoms with Crippen LogP contribution in [0.15, 0.2) is 0 Å². The molecule has 0 amide bonds. The van der Waals surface area contributed by atoms with Crippen molar-refractivity contribution in [2.45, 2.75) is 26.8 Å². The fourth-order valence-corrected chi connectivity index (χ4v) is 1.89. The van der Waals surface area contributed by atoms with Crippen molar-refractivity contribution in [3.05, 3.63) is 11.6 Å². The van der Waals surface area contributed by atoms with Gasteiger partial charge in [0, 0.05) is 12.3 Å². The molecule has 7 heteroatoms. The van der Waals surface area contributed by atoms with Crippen LogP contribution in [-0.4, -0.2) is 45.8 Å². The molecule has 0 fully saturated rings. The molecule has 0 aliphatic carbocycles. The lowest BCUT2D eigenvalue weighted by molar-refractivity contribution is 0.0512. The van der Waals surface area contributed by atoms with Gasteiger partial charge in [-0.3, -0.25) is 5.10 Å². The van der Waals surface area contributed by atoms with Gasteiger partial charge in [0.15, 0.2) is 0 Å². The smallest absolute Gasteiger partial charge is 0.378 e. The number of aromatic nitrogens is 3. The van der Waals surface area contributed by atoms with Crippen LogP contribution in [0, 0.1) is 0 Å². The second-order valence-corrected chi connectivity index (χ2v) is 5.03. The summed E-state index contributed by atoms with van der Waals surface area (Å²) in [6.45, 7) is 7.09. The van der Waals surface area contributed by atoms with Gasteiger partial charge in [0.25, 0.3) is 5.82 Å². The maximum atomic E-state index is 11.4. The lowest BCUT2D eigenvalue weighted by atomic mass is 10.3. The number of hydrogen-bond acceptors (Lipinski definition) is 6. The number of nitrogens with zero attached hydrogens (tertiary/aromatic N) is 2. The Labute approximate surface area is 111 Å². The minimum atomic E-state index is -0.492. The quantitative estimate of drug-likeness (QED) is 0.550. The second kappa shape index (κ2) is 8.10. The van der Waals surface area contributed by atoms with Crippen molar-refractivity contribution in [3.63, 3.8) is 0 Å². The molecule has 0 saturated heterocycles. The highest BCUT2D eigenvalue weighted by atomic mass is 32.2. The van der Waals surface area contributed by atoms with Gasteiger partial charge in [-0.2, -0.15) is 11.8 Å². The van der Waals surface area contributed by atoms with Crippen LogP contribution in [-0.2, 0) is 4.74 Å². The monoisotopic (exact) mass is 272 g/mol. The first-order chi connectivity index (χ1) is 8.69. The van der Waals surface area contributed by atoms with Crippen molar-refractivity contribution in [1.29, 1.82) is 0 Å². The van der Waals surface area contributed by atoms with E-state index in [2.05, 4.69) is 27.4 Å². The third-order valence-corrected chi connectivity index (χ3v) is 3.17. The van der Waals surface area contributed by atoms with Gasteiger partial charge in [-0.25, -0.2) is 9.78 Å². The molecule has 0 aromatic carbocycles. The summed E-state index contributed by atoms with van der Waals surface area (Å²) in [6.07, 6.45) is 0. The molecular formula is C11H20N4O2S. The highest BCUT2D eigenvalue weighted by Crippen LogP contribution is 2.07. The summed E-state index contributed by atoms with van der Waals surface area (Å²) in [5.74, 6) is 2.42. The molecule has 0 spiro atoms. The van der Waals surface area contributed by atoms with Gasteiger partial charge < -0.3 is 10.1 Å². The summed E-state index contributed by atoms with van der Waals surface area (Å²) in [7, 11) is 0. The van der Waals surface area contributed by atoms with Crippen molar-refractivity contribution in [2.75, 3.05) is 24.7 Å². The number of thioether (sulfide) groups is 1. The van der Waals surface area contributed by atoms with Gasteiger partial charge in [-0.1, -0.05) is 6.92 Å². The first-order valence-electron chi connectivity index (χ1n) is 6.09. The minimum absolute atomic E-state index is 0.0399. The Morgan fingerprint density at radius 2 is 2.33 bits per heavy atom. The Morgan fingerprint density at radius 1 is 1.56 bits per heavy atom. The molecular weight excluding hydrogens is 252 g/mol. The van der Waals surface area contributed by atoms with E-state index in [0.29, 0.717) is 12.4 Å². The number of rotatable bonds is 8. The molecule has 1 heterocycles. The molecule has 0 aliphatic rings. The van der Waals surface area contributed by atoms with E-state index in [9.17, 15) is 4.79 Å². The van der Waals surface area contributed by atoms with Crippen molar-refractivity contribution >= 4 is 17.7 Å². The van der Waals surface area contributed by atoms with E-state index in [1.54, 1.807) is 6.92 Å². The van der Waals surface area contributed by atoms with Crippen LogP contribution < -0.4 is 5.32 Å². The summed E-state index contributed by atoms with van der Waals surface area (Å²) in [5, 5.41) is 9.91. The maximum absolute atomic E-state index is 11.4. The number of carbonyl (C=O) groups is 1. The third-order valence-electron chi connectivity index (χ3n) is 2.27. The summed E-state index contributed by atoms with van der Waals surface area (Å²) in [4.78, 5) is 15.5. The van der Waals surface area contributed by atoms with E-state index in [0.717, 1.165) is 18.1 Å².